The molecule has 2 aromatic carbocycles. The summed E-state index contributed by atoms with van der Waals surface area (Å²) in [5.41, 5.74) is 3.68. The molecule has 5 rings (SSSR count). The Hall–Kier alpha value is -4.39. The van der Waals surface area contributed by atoms with Crippen molar-refractivity contribution in [2.75, 3.05) is 7.11 Å². The summed E-state index contributed by atoms with van der Waals surface area (Å²) in [5.74, 6) is -0.944. The SMILES string of the molecule is COc1ccc(/C(O)=C2\C(=O)C(=O)N(Cc3cccnc3)C2c2c[nH]c3ccccc23)c(C)c1. The van der Waals surface area contributed by atoms with Gasteiger partial charge in [-0.15, -0.1) is 0 Å². The number of aromatic amines is 1. The standard InChI is InChI=1S/C27H23N3O4/c1-16-12-18(34-2)9-10-19(16)25(31)23-24(21-14-29-22-8-4-3-7-20(21)22)30(27(33)26(23)32)15-17-6-5-11-28-13-17/h3-14,24,29,31H,15H2,1-2H3/b25-23+. The molecule has 0 spiro atoms. The van der Waals surface area contributed by atoms with Gasteiger partial charge in [0.2, 0.25) is 0 Å². The molecule has 3 heterocycles. The highest BCUT2D eigenvalue weighted by atomic mass is 16.5. The largest absolute Gasteiger partial charge is 0.507 e. The van der Waals surface area contributed by atoms with E-state index in [4.69, 9.17) is 4.74 Å². The van der Waals surface area contributed by atoms with Crippen molar-refractivity contribution in [3.05, 3.63) is 101 Å². The number of likely N-dealkylation sites (tertiary alicyclic amines) is 1. The van der Waals surface area contributed by atoms with Gasteiger partial charge in [-0.25, -0.2) is 0 Å². The smallest absolute Gasteiger partial charge is 0.295 e. The molecule has 1 aliphatic rings. The topological polar surface area (TPSA) is 95.5 Å². The van der Waals surface area contributed by atoms with Crippen molar-refractivity contribution in [3.63, 3.8) is 0 Å². The number of rotatable bonds is 5. The molecule has 1 fully saturated rings. The van der Waals surface area contributed by atoms with E-state index in [9.17, 15) is 14.7 Å². The van der Waals surface area contributed by atoms with Crippen LogP contribution in [0.15, 0.2) is 78.8 Å². The van der Waals surface area contributed by atoms with E-state index in [2.05, 4.69) is 9.97 Å². The van der Waals surface area contributed by atoms with E-state index in [1.54, 1.807) is 50.0 Å². The number of fused-ring (bicyclic) bond motifs is 1. The number of para-hydroxylation sites is 1. The second kappa shape index (κ2) is 8.51. The molecule has 2 N–H and O–H groups in total. The number of ketones is 1. The number of carbonyl (C=O) groups is 2. The van der Waals surface area contributed by atoms with Gasteiger partial charge in [-0.1, -0.05) is 24.3 Å². The zero-order valence-electron chi connectivity index (χ0n) is 18.8. The van der Waals surface area contributed by atoms with Crippen LogP contribution in [0.3, 0.4) is 0 Å². The van der Waals surface area contributed by atoms with Crippen LogP contribution in [0, 0.1) is 6.92 Å². The minimum absolute atomic E-state index is 0.0620. The van der Waals surface area contributed by atoms with Crippen molar-refractivity contribution >= 4 is 28.4 Å². The maximum absolute atomic E-state index is 13.3. The molecule has 1 aliphatic heterocycles. The number of nitrogens with one attached hydrogen (secondary N) is 1. The maximum atomic E-state index is 13.3. The quantitative estimate of drug-likeness (QED) is 0.264. The number of nitrogens with zero attached hydrogens (tertiary/aromatic N) is 2. The van der Waals surface area contributed by atoms with Gasteiger partial charge in [-0.05, 0) is 48.4 Å². The first-order valence-electron chi connectivity index (χ1n) is 10.9. The highest BCUT2D eigenvalue weighted by molar-refractivity contribution is 6.46. The van der Waals surface area contributed by atoms with Gasteiger partial charge in [-0.3, -0.25) is 14.6 Å². The fourth-order valence-electron chi connectivity index (χ4n) is 4.55. The summed E-state index contributed by atoms with van der Waals surface area (Å²) in [7, 11) is 1.56. The Labute approximate surface area is 196 Å². The Bertz CT molecular complexity index is 1440. The monoisotopic (exact) mass is 453 g/mol. The second-order valence-corrected chi connectivity index (χ2v) is 8.26. The normalized spacial score (nSPS) is 17.5. The van der Waals surface area contributed by atoms with Crippen LogP contribution >= 0.6 is 0 Å². The van der Waals surface area contributed by atoms with Crippen LogP contribution in [0.1, 0.15) is 28.3 Å². The molecule has 1 atom stereocenters. The van der Waals surface area contributed by atoms with Gasteiger partial charge in [0.15, 0.2) is 0 Å². The maximum Gasteiger partial charge on any atom is 0.295 e. The van der Waals surface area contributed by atoms with Gasteiger partial charge in [0.25, 0.3) is 11.7 Å². The van der Waals surface area contributed by atoms with Crippen LogP contribution in [0.25, 0.3) is 16.7 Å². The lowest BCUT2D eigenvalue weighted by Crippen LogP contribution is -2.29. The van der Waals surface area contributed by atoms with Crippen molar-refractivity contribution in [1.82, 2.24) is 14.9 Å². The number of hydrogen-bond donors (Lipinski definition) is 2. The lowest BCUT2D eigenvalue weighted by Gasteiger charge is -2.25. The summed E-state index contributed by atoms with van der Waals surface area (Å²) in [6.07, 6.45) is 5.12. The van der Waals surface area contributed by atoms with Crippen LogP contribution in [0.2, 0.25) is 0 Å². The number of hydrogen-bond acceptors (Lipinski definition) is 5. The number of amides is 1. The van der Waals surface area contributed by atoms with Crippen LogP contribution in [0.5, 0.6) is 5.75 Å². The third-order valence-electron chi connectivity index (χ3n) is 6.22. The number of carbonyl (C=O) groups excluding carboxylic acids is 2. The predicted molar refractivity (Wildman–Crippen MR) is 128 cm³/mol. The van der Waals surface area contributed by atoms with Crippen molar-refractivity contribution in [1.29, 1.82) is 0 Å². The summed E-state index contributed by atoms with van der Waals surface area (Å²) in [4.78, 5) is 35.5. The third-order valence-corrected chi connectivity index (χ3v) is 6.22. The molecule has 7 nitrogen and oxygen atoms in total. The molecule has 2 aromatic heterocycles. The first kappa shape index (κ1) is 21.5. The van der Waals surface area contributed by atoms with Crippen LogP contribution < -0.4 is 4.74 Å². The molecule has 7 heteroatoms. The van der Waals surface area contributed by atoms with Crippen molar-refractivity contribution in [3.8, 4) is 5.75 Å². The van der Waals surface area contributed by atoms with Crippen molar-refractivity contribution < 1.29 is 19.4 Å². The minimum atomic E-state index is -0.766. The van der Waals surface area contributed by atoms with E-state index in [-0.39, 0.29) is 17.9 Å². The van der Waals surface area contributed by atoms with Crippen molar-refractivity contribution in [2.45, 2.75) is 19.5 Å². The van der Waals surface area contributed by atoms with E-state index in [0.717, 1.165) is 27.6 Å². The molecule has 1 saturated heterocycles. The molecular weight excluding hydrogens is 430 g/mol. The Morgan fingerprint density at radius 3 is 2.71 bits per heavy atom. The molecule has 1 amide bonds. The van der Waals surface area contributed by atoms with Gasteiger partial charge in [0, 0.05) is 47.2 Å². The van der Waals surface area contributed by atoms with Crippen LogP contribution in [0.4, 0.5) is 0 Å². The predicted octanol–water partition coefficient (Wildman–Crippen LogP) is 4.50. The van der Waals surface area contributed by atoms with E-state index in [1.807, 2.05) is 37.3 Å². The number of methoxy groups -OCH3 is 1. The molecule has 0 radical (unpaired) electrons. The molecule has 170 valence electrons. The highest BCUT2D eigenvalue weighted by Crippen LogP contribution is 2.43. The van der Waals surface area contributed by atoms with Crippen LogP contribution in [-0.2, 0) is 16.1 Å². The summed E-state index contributed by atoms with van der Waals surface area (Å²) in [5, 5.41) is 12.3. The Morgan fingerprint density at radius 2 is 1.97 bits per heavy atom. The number of Topliss-reactive ketones (excluding diaryl/α,β-unsaturated/α-hetero) is 1. The summed E-state index contributed by atoms with van der Waals surface area (Å²) in [6, 6.07) is 15.7. The van der Waals surface area contributed by atoms with E-state index in [1.165, 1.54) is 4.90 Å². The number of H-pyrrole nitrogens is 1. The summed E-state index contributed by atoms with van der Waals surface area (Å²) in [6.45, 7) is 2.00. The second-order valence-electron chi connectivity index (χ2n) is 8.26. The number of aryl methyl sites for hydroxylation is 1. The van der Waals surface area contributed by atoms with Gasteiger partial charge in [-0.2, -0.15) is 0 Å². The van der Waals surface area contributed by atoms with Gasteiger partial charge in [0.05, 0.1) is 18.7 Å². The molecule has 4 aromatic rings. The van der Waals surface area contributed by atoms with E-state index >= 15 is 0 Å². The molecular formula is C27H23N3O4. The van der Waals surface area contributed by atoms with Crippen LogP contribution in [-0.4, -0.2) is 38.8 Å². The first-order chi connectivity index (χ1) is 16.5. The molecule has 0 aliphatic carbocycles. The number of aromatic nitrogens is 2. The molecule has 34 heavy (non-hydrogen) atoms. The Balaban J connectivity index is 1.71. The number of ether oxygens (including phenoxy) is 1. The number of aliphatic hydroxyl groups excluding tert-OH is 1. The van der Waals surface area contributed by atoms with E-state index in [0.29, 0.717) is 11.3 Å². The zero-order valence-corrected chi connectivity index (χ0v) is 18.8. The summed E-state index contributed by atoms with van der Waals surface area (Å²) >= 11 is 0. The Kier molecular flexibility index (Phi) is 5.37. The van der Waals surface area contributed by atoms with Gasteiger partial charge >= 0.3 is 0 Å². The fraction of sp³-hybridized carbons (Fsp3) is 0.148. The Morgan fingerprint density at radius 1 is 1.15 bits per heavy atom. The average molecular weight is 453 g/mol. The highest BCUT2D eigenvalue weighted by Gasteiger charge is 2.47. The third kappa shape index (κ3) is 3.51. The fourth-order valence-corrected chi connectivity index (χ4v) is 4.55. The average Bonchev–Trinajstić information content (AvgIpc) is 3.38. The first-order valence-corrected chi connectivity index (χ1v) is 10.9. The van der Waals surface area contributed by atoms with Gasteiger partial charge < -0.3 is 19.7 Å². The number of benzene rings is 2. The zero-order chi connectivity index (χ0) is 23.8. The molecule has 0 saturated carbocycles. The minimum Gasteiger partial charge on any atom is -0.507 e. The van der Waals surface area contributed by atoms with E-state index < -0.39 is 17.7 Å². The van der Waals surface area contributed by atoms with Gasteiger partial charge in [0.1, 0.15) is 11.5 Å². The lowest BCUT2D eigenvalue weighted by atomic mass is 9.93. The molecule has 1 unspecified atom stereocenters. The summed E-state index contributed by atoms with van der Waals surface area (Å²) < 4.78 is 5.27. The number of aliphatic hydroxyl groups is 1. The number of pyridine rings is 1. The molecule has 0 bridgehead atoms. The van der Waals surface area contributed by atoms with Crippen molar-refractivity contribution in [2.24, 2.45) is 0 Å². The lowest BCUT2D eigenvalue weighted by molar-refractivity contribution is -0.140.